The number of hydrogen-bond acceptors (Lipinski definition) is 4. The van der Waals surface area contributed by atoms with Crippen molar-refractivity contribution < 1.29 is 4.79 Å². The molecule has 0 saturated heterocycles. The summed E-state index contributed by atoms with van der Waals surface area (Å²) < 4.78 is 0. The Morgan fingerprint density at radius 2 is 2.26 bits per heavy atom. The van der Waals surface area contributed by atoms with Gasteiger partial charge in [-0.1, -0.05) is 11.6 Å². The summed E-state index contributed by atoms with van der Waals surface area (Å²) >= 11 is 7.23. The number of halogens is 1. The number of anilines is 1. The van der Waals surface area contributed by atoms with E-state index in [-0.39, 0.29) is 5.91 Å². The van der Waals surface area contributed by atoms with Crippen LogP contribution >= 0.6 is 22.9 Å². The fourth-order valence-corrected chi connectivity index (χ4v) is 2.64. The van der Waals surface area contributed by atoms with Gasteiger partial charge < -0.3 is 10.6 Å². The first-order valence-corrected chi connectivity index (χ1v) is 7.10. The number of carbonyl (C=O) groups excluding carboxylic acids is 1. The molecule has 2 heterocycles. The van der Waals surface area contributed by atoms with Crippen molar-refractivity contribution >= 4 is 34.5 Å². The van der Waals surface area contributed by atoms with Crippen LogP contribution in [0.5, 0.6) is 0 Å². The molecule has 0 fully saturated rings. The van der Waals surface area contributed by atoms with Gasteiger partial charge in [0.25, 0.3) is 5.91 Å². The van der Waals surface area contributed by atoms with Crippen molar-refractivity contribution in [3.05, 3.63) is 45.4 Å². The highest BCUT2D eigenvalue weighted by atomic mass is 35.5. The second-order valence-corrected chi connectivity index (χ2v) is 5.29. The topological polar surface area (TPSA) is 54.0 Å². The molecular formula is C13H14ClN3OS. The van der Waals surface area contributed by atoms with E-state index >= 15 is 0 Å². The van der Waals surface area contributed by atoms with E-state index in [4.69, 9.17) is 11.6 Å². The fourth-order valence-electron chi connectivity index (χ4n) is 1.58. The molecule has 1 amide bonds. The maximum absolute atomic E-state index is 11.8. The molecule has 0 spiro atoms. The third kappa shape index (κ3) is 3.68. The van der Waals surface area contributed by atoms with Crippen LogP contribution in [0.15, 0.2) is 29.9 Å². The molecule has 2 N–H and O–H groups in total. The van der Waals surface area contributed by atoms with E-state index < -0.39 is 0 Å². The van der Waals surface area contributed by atoms with Crippen molar-refractivity contribution in [1.82, 2.24) is 10.3 Å². The summed E-state index contributed by atoms with van der Waals surface area (Å²) in [5.74, 6) is -0.131. The summed E-state index contributed by atoms with van der Waals surface area (Å²) in [5.41, 5.74) is 2.11. The minimum Gasteiger partial charge on any atom is -0.383 e. The molecule has 0 aliphatic carbocycles. The van der Waals surface area contributed by atoms with Crippen molar-refractivity contribution in [3.8, 4) is 0 Å². The van der Waals surface area contributed by atoms with Gasteiger partial charge in [-0.15, -0.1) is 11.3 Å². The van der Waals surface area contributed by atoms with Crippen molar-refractivity contribution in [2.75, 3.05) is 18.4 Å². The molecule has 2 aromatic rings. The molecule has 2 aromatic heterocycles. The number of nitrogens with one attached hydrogen (secondary N) is 2. The number of carbonyl (C=O) groups is 1. The Labute approximate surface area is 120 Å². The number of amides is 1. The molecule has 0 radical (unpaired) electrons. The van der Waals surface area contributed by atoms with E-state index in [9.17, 15) is 4.79 Å². The molecule has 0 aliphatic rings. The Hall–Kier alpha value is -1.59. The van der Waals surface area contributed by atoms with Crippen molar-refractivity contribution in [2.45, 2.75) is 6.92 Å². The van der Waals surface area contributed by atoms with Crippen molar-refractivity contribution in [2.24, 2.45) is 0 Å². The monoisotopic (exact) mass is 295 g/mol. The molecule has 0 aliphatic heterocycles. The van der Waals surface area contributed by atoms with Crippen molar-refractivity contribution in [1.29, 1.82) is 0 Å². The third-order valence-corrected chi connectivity index (χ3v) is 3.91. The summed E-state index contributed by atoms with van der Waals surface area (Å²) in [6, 6.07) is 3.63. The zero-order valence-electron chi connectivity index (χ0n) is 10.4. The second kappa shape index (κ2) is 6.54. The lowest BCUT2D eigenvalue weighted by Gasteiger charge is -2.09. The molecule has 0 saturated carbocycles. The molecule has 0 atom stereocenters. The predicted octanol–water partition coefficient (Wildman–Crippen LogP) is 2.95. The lowest BCUT2D eigenvalue weighted by atomic mass is 10.2. The second-order valence-electron chi connectivity index (χ2n) is 3.97. The van der Waals surface area contributed by atoms with E-state index in [2.05, 4.69) is 15.6 Å². The van der Waals surface area contributed by atoms with E-state index in [1.807, 2.05) is 13.0 Å². The number of rotatable bonds is 5. The molecule has 0 aromatic carbocycles. The number of nitrogens with zero attached hydrogens (tertiary/aromatic N) is 1. The highest BCUT2D eigenvalue weighted by molar-refractivity contribution is 7.12. The van der Waals surface area contributed by atoms with Gasteiger partial charge in [-0.25, -0.2) is 0 Å². The van der Waals surface area contributed by atoms with Gasteiger partial charge in [0.1, 0.15) is 4.88 Å². The largest absolute Gasteiger partial charge is 0.383 e. The molecular weight excluding hydrogens is 282 g/mol. The number of aromatic nitrogens is 1. The van der Waals surface area contributed by atoms with Crippen LogP contribution in [-0.4, -0.2) is 24.0 Å². The van der Waals surface area contributed by atoms with E-state index in [1.165, 1.54) is 11.3 Å². The van der Waals surface area contributed by atoms with Crippen LogP contribution in [0.3, 0.4) is 0 Å². The van der Waals surface area contributed by atoms with E-state index in [0.717, 1.165) is 11.3 Å². The van der Waals surface area contributed by atoms with Gasteiger partial charge in [-0.3, -0.25) is 9.78 Å². The average Bonchev–Trinajstić information content (AvgIpc) is 2.82. The Bertz CT molecular complexity index is 571. The minimum atomic E-state index is -0.131. The summed E-state index contributed by atoms with van der Waals surface area (Å²) in [4.78, 5) is 16.4. The van der Waals surface area contributed by atoms with Crippen LogP contribution in [0.4, 0.5) is 5.69 Å². The Balaban J connectivity index is 1.77. The Morgan fingerprint density at radius 1 is 1.42 bits per heavy atom. The first-order valence-electron chi connectivity index (χ1n) is 5.84. The summed E-state index contributed by atoms with van der Waals surface area (Å²) in [6.07, 6.45) is 3.53. The summed E-state index contributed by atoms with van der Waals surface area (Å²) in [7, 11) is 0. The highest BCUT2D eigenvalue weighted by Gasteiger charge is 2.10. The molecule has 0 unspecified atom stereocenters. The first kappa shape index (κ1) is 13.8. The van der Waals surface area contributed by atoms with Crippen LogP contribution in [-0.2, 0) is 0 Å². The number of thiophene rings is 1. The van der Waals surface area contributed by atoms with E-state index in [0.29, 0.717) is 23.0 Å². The van der Waals surface area contributed by atoms with Crippen LogP contribution in [0.2, 0.25) is 5.02 Å². The fraction of sp³-hybridized carbons (Fsp3) is 0.231. The normalized spacial score (nSPS) is 10.2. The maximum Gasteiger partial charge on any atom is 0.262 e. The van der Waals surface area contributed by atoms with Crippen molar-refractivity contribution in [3.63, 3.8) is 0 Å². The smallest absolute Gasteiger partial charge is 0.262 e. The lowest BCUT2D eigenvalue weighted by Crippen LogP contribution is -2.28. The molecule has 2 rings (SSSR count). The van der Waals surface area contributed by atoms with Crippen LogP contribution in [0, 0.1) is 6.92 Å². The van der Waals surface area contributed by atoms with Gasteiger partial charge in [-0.2, -0.15) is 0 Å². The molecule has 6 heteroatoms. The van der Waals surface area contributed by atoms with Crippen LogP contribution in [0.1, 0.15) is 15.2 Å². The standard InChI is InChI=1S/C13H14ClN3OS/c1-9-8-15-4-2-11(9)16-5-6-17-13(18)12-10(14)3-7-19-12/h2-4,7-8H,5-6H2,1H3,(H,15,16)(H,17,18). The zero-order valence-corrected chi connectivity index (χ0v) is 12.0. The van der Waals surface area contributed by atoms with Crippen LogP contribution < -0.4 is 10.6 Å². The number of aryl methyl sites for hydroxylation is 1. The van der Waals surface area contributed by atoms with Gasteiger partial charge in [0.05, 0.1) is 5.02 Å². The Morgan fingerprint density at radius 3 is 2.95 bits per heavy atom. The van der Waals surface area contributed by atoms with Gasteiger partial charge >= 0.3 is 0 Å². The first-order chi connectivity index (χ1) is 9.18. The SMILES string of the molecule is Cc1cnccc1NCCNC(=O)c1sccc1Cl. The van der Waals surface area contributed by atoms with Gasteiger partial charge in [0, 0.05) is 31.2 Å². The quantitative estimate of drug-likeness (QED) is 0.834. The molecule has 0 bridgehead atoms. The van der Waals surface area contributed by atoms with Gasteiger partial charge in [0.15, 0.2) is 0 Å². The number of pyridine rings is 1. The van der Waals surface area contributed by atoms with Gasteiger partial charge in [0.2, 0.25) is 0 Å². The summed E-state index contributed by atoms with van der Waals surface area (Å²) in [6.45, 7) is 3.17. The predicted molar refractivity (Wildman–Crippen MR) is 79.1 cm³/mol. The average molecular weight is 296 g/mol. The third-order valence-electron chi connectivity index (χ3n) is 2.57. The number of hydrogen-bond donors (Lipinski definition) is 2. The lowest BCUT2D eigenvalue weighted by molar-refractivity contribution is 0.0959. The minimum absolute atomic E-state index is 0.131. The molecule has 100 valence electrons. The zero-order chi connectivity index (χ0) is 13.7. The highest BCUT2D eigenvalue weighted by Crippen LogP contribution is 2.21. The van der Waals surface area contributed by atoms with Crippen LogP contribution in [0.25, 0.3) is 0 Å². The Kier molecular flexibility index (Phi) is 4.76. The maximum atomic E-state index is 11.8. The molecule has 19 heavy (non-hydrogen) atoms. The van der Waals surface area contributed by atoms with Gasteiger partial charge in [-0.05, 0) is 30.0 Å². The summed E-state index contributed by atoms with van der Waals surface area (Å²) in [5, 5.41) is 8.37. The molecule has 4 nitrogen and oxygen atoms in total. The van der Waals surface area contributed by atoms with E-state index in [1.54, 1.807) is 23.8 Å².